The van der Waals surface area contributed by atoms with E-state index in [0.717, 1.165) is 54.3 Å². The number of nitrogens with one attached hydrogen (secondary N) is 1. The van der Waals surface area contributed by atoms with Gasteiger partial charge in [-0.3, -0.25) is 4.79 Å². The number of amides is 1. The molecule has 2 aromatic heterocycles. The molecule has 0 spiro atoms. The van der Waals surface area contributed by atoms with Crippen LogP contribution in [0, 0.1) is 13.8 Å². The van der Waals surface area contributed by atoms with E-state index in [-0.39, 0.29) is 5.91 Å². The lowest BCUT2D eigenvalue weighted by atomic mass is 10.0. The Balaban J connectivity index is 1.42. The van der Waals surface area contributed by atoms with Gasteiger partial charge in [-0.1, -0.05) is 0 Å². The molecule has 0 bridgehead atoms. The van der Waals surface area contributed by atoms with Gasteiger partial charge in [-0.15, -0.1) is 0 Å². The second kappa shape index (κ2) is 6.98. The molecule has 140 valence electrons. The first-order chi connectivity index (χ1) is 13.0. The van der Waals surface area contributed by atoms with Crippen molar-refractivity contribution in [1.29, 1.82) is 0 Å². The molecule has 1 fully saturated rings. The van der Waals surface area contributed by atoms with Crippen molar-refractivity contribution in [3.63, 3.8) is 0 Å². The number of hydrogen-bond acceptors (Lipinski definition) is 5. The van der Waals surface area contributed by atoms with Crippen LogP contribution in [-0.4, -0.2) is 56.9 Å². The third kappa shape index (κ3) is 3.49. The number of imidazole rings is 1. The van der Waals surface area contributed by atoms with Gasteiger partial charge in [0.15, 0.2) is 0 Å². The topological polar surface area (TPSA) is 78.0 Å². The molecule has 1 aromatic carbocycles. The number of hydrogen-bond donors (Lipinski definition) is 1. The van der Waals surface area contributed by atoms with Crippen molar-refractivity contribution < 1.29 is 4.79 Å². The van der Waals surface area contributed by atoms with E-state index in [2.05, 4.69) is 31.9 Å². The number of nitrogens with zero attached hydrogens (tertiary/aromatic N) is 5. The number of benzene rings is 1. The number of aromatic amines is 1. The van der Waals surface area contributed by atoms with Gasteiger partial charge in [-0.05, 0) is 44.9 Å². The maximum atomic E-state index is 12.9. The Hall–Kier alpha value is -2.96. The molecule has 3 aromatic rings. The number of aromatic nitrogens is 4. The molecule has 7 nitrogen and oxygen atoms in total. The van der Waals surface area contributed by atoms with E-state index in [1.54, 1.807) is 6.33 Å². The molecule has 4 rings (SSSR count). The van der Waals surface area contributed by atoms with Crippen LogP contribution in [0.15, 0.2) is 30.6 Å². The van der Waals surface area contributed by atoms with E-state index in [4.69, 9.17) is 0 Å². The van der Waals surface area contributed by atoms with Crippen LogP contribution in [0.5, 0.6) is 0 Å². The zero-order chi connectivity index (χ0) is 19.0. The van der Waals surface area contributed by atoms with Crippen LogP contribution in [0.3, 0.4) is 0 Å². The molecule has 3 heterocycles. The maximum Gasteiger partial charge on any atom is 0.253 e. The molecule has 0 aliphatic carbocycles. The molecule has 0 unspecified atom stereocenters. The van der Waals surface area contributed by atoms with Crippen molar-refractivity contribution in [2.45, 2.75) is 32.7 Å². The van der Waals surface area contributed by atoms with Crippen LogP contribution < -0.4 is 4.90 Å². The molecule has 1 amide bonds. The largest absolute Gasteiger partial charge is 0.356 e. The smallest absolute Gasteiger partial charge is 0.253 e. The zero-order valence-electron chi connectivity index (χ0n) is 15.9. The van der Waals surface area contributed by atoms with Crippen LogP contribution in [0.1, 0.15) is 34.7 Å². The van der Waals surface area contributed by atoms with Crippen LogP contribution in [0.4, 0.5) is 5.82 Å². The summed E-state index contributed by atoms with van der Waals surface area (Å²) in [5.74, 6) is 1.88. The zero-order valence-corrected chi connectivity index (χ0v) is 15.9. The molecule has 0 atom stereocenters. The molecule has 1 saturated heterocycles. The highest BCUT2D eigenvalue weighted by atomic mass is 16.2. The first-order valence-electron chi connectivity index (χ1n) is 9.28. The van der Waals surface area contributed by atoms with Crippen LogP contribution in [0.2, 0.25) is 0 Å². The van der Waals surface area contributed by atoms with E-state index in [1.807, 2.05) is 43.0 Å². The summed E-state index contributed by atoms with van der Waals surface area (Å²) in [5, 5.41) is 0. The van der Waals surface area contributed by atoms with Crippen molar-refractivity contribution in [3.8, 4) is 0 Å². The number of rotatable bonds is 3. The monoisotopic (exact) mass is 364 g/mol. The predicted octanol–water partition coefficient (Wildman–Crippen LogP) is 2.71. The number of fused-ring (bicyclic) bond motifs is 1. The van der Waals surface area contributed by atoms with Crippen molar-refractivity contribution in [2.75, 3.05) is 25.0 Å². The van der Waals surface area contributed by atoms with Gasteiger partial charge in [-0.2, -0.15) is 0 Å². The molecule has 1 N–H and O–H groups in total. The molecule has 27 heavy (non-hydrogen) atoms. The van der Waals surface area contributed by atoms with Gasteiger partial charge in [0.05, 0.1) is 11.0 Å². The van der Waals surface area contributed by atoms with Gasteiger partial charge in [0, 0.05) is 43.5 Å². The van der Waals surface area contributed by atoms with Gasteiger partial charge in [0.1, 0.15) is 18.0 Å². The molecule has 1 aliphatic rings. The summed E-state index contributed by atoms with van der Waals surface area (Å²) in [6.45, 7) is 5.39. The number of aryl methyl sites for hydroxylation is 2. The number of carbonyl (C=O) groups is 1. The quantitative estimate of drug-likeness (QED) is 0.773. The van der Waals surface area contributed by atoms with Crippen molar-refractivity contribution in [1.82, 2.24) is 24.8 Å². The van der Waals surface area contributed by atoms with Gasteiger partial charge >= 0.3 is 0 Å². The summed E-state index contributed by atoms with van der Waals surface area (Å²) >= 11 is 0. The molecular weight excluding hydrogens is 340 g/mol. The van der Waals surface area contributed by atoms with E-state index < -0.39 is 0 Å². The minimum Gasteiger partial charge on any atom is -0.356 e. The third-order valence-electron chi connectivity index (χ3n) is 5.30. The Morgan fingerprint density at radius 2 is 1.96 bits per heavy atom. The standard InChI is InChI=1S/C20H24N6O/c1-13-10-19(22-12-21-13)25(3)16-6-8-26(9-7-16)20(27)15-4-5-17-18(11-15)24-14(2)23-17/h4-5,10-12,16H,6-9H2,1-3H3,(H,23,24). The minimum atomic E-state index is 0.0862. The van der Waals surface area contributed by atoms with E-state index in [1.165, 1.54) is 0 Å². The third-order valence-corrected chi connectivity index (χ3v) is 5.30. The highest BCUT2D eigenvalue weighted by Crippen LogP contribution is 2.22. The van der Waals surface area contributed by atoms with Gasteiger partial charge in [0.25, 0.3) is 5.91 Å². The number of carbonyl (C=O) groups excluding carboxylic acids is 1. The molecule has 0 radical (unpaired) electrons. The van der Waals surface area contributed by atoms with Gasteiger partial charge in [0.2, 0.25) is 0 Å². The van der Waals surface area contributed by atoms with Crippen LogP contribution in [0.25, 0.3) is 11.0 Å². The Morgan fingerprint density at radius 1 is 1.19 bits per heavy atom. The SMILES string of the molecule is Cc1cc(N(C)C2CCN(C(=O)c3ccc4nc(C)[nH]c4c3)CC2)ncn1. The molecule has 0 saturated carbocycles. The Kier molecular flexibility index (Phi) is 4.51. The average Bonchev–Trinajstić information content (AvgIpc) is 3.06. The van der Waals surface area contributed by atoms with E-state index in [9.17, 15) is 4.79 Å². The second-order valence-corrected chi connectivity index (χ2v) is 7.21. The van der Waals surface area contributed by atoms with E-state index >= 15 is 0 Å². The number of H-pyrrole nitrogens is 1. The van der Waals surface area contributed by atoms with Gasteiger partial charge < -0.3 is 14.8 Å². The molecular formula is C20H24N6O. The van der Waals surface area contributed by atoms with Crippen LogP contribution in [-0.2, 0) is 0 Å². The summed E-state index contributed by atoms with van der Waals surface area (Å²) in [7, 11) is 2.07. The fourth-order valence-electron chi connectivity index (χ4n) is 3.73. The predicted molar refractivity (Wildman–Crippen MR) is 105 cm³/mol. The lowest BCUT2D eigenvalue weighted by Gasteiger charge is -2.37. The Labute approximate surface area is 158 Å². The summed E-state index contributed by atoms with van der Waals surface area (Å²) in [6, 6.07) is 8.05. The first kappa shape index (κ1) is 17.5. The van der Waals surface area contributed by atoms with Crippen molar-refractivity contribution >= 4 is 22.8 Å². The fourth-order valence-corrected chi connectivity index (χ4v) is 3.73. The van der Waals surface area contributed by atoms with Crippen molar-refractivity contribution in [3.05, 3.63) is 47.7 Å². The normalized spacial score (nSPS) is 15.3. The van der Waals surface area contributed by atoms with Crippen LogP contribution >= 0.6 is 0 Å². The van der Waals surface area contributed by atoms with Crippen molar-refractivity contribution in [2.24, 2.45) is 0 Å². The highest BCUT2D eigenvalue weighted by molar-refractivity contribution is 5.97. The lowest BCUT2D eigenvalue weighted by molar-refractivity contribution is 0.0713. The van der Waals surface area contributed by atoms with Gasteiger partial charge in [-0.25, -0.2) is 15.0 Å². The first-order valence-corrected chi connectivity index (χ1v) is 9.28. The summed E-state index contributed by atoms with van der Waals surface area (Å²) in [6.07, 6.45) is 3.46. The van der Waals surface area contributed by atoms with E-state index in [0.29, 0.717) is 11.6 Å². The molecule has 7 heteroatoms. The lowest BCUT2D eigenvalue weighted by Crippen LogP contribution is -2.45. The molecule has 1 aliphatic heterocycles. The Morgan fingerprint density at radius 3 is 2.70 bits per heavy atom. The summed E-state index contributed by atoms with van der Waals surface area (Å²) in [5.41, 5.74) is 3.48. The second-order valence-electron chi connectivity index (χ2n) is 7.21. The summed E-state index contributed by atoms with van der Waals surface area (Å²) < 4.78 is 0. The minimum absolute atomic E-state index is 0.0862. The fraction of sp³-hybridized carbons (Fsp3) is 0.400. The highest BCUT2D eigenvalue weighted by Gasteiger charge is 2.26. The average molecular weight is 364 g/mol. The Bertz CT molecular complexity index is 974. The summed E-state index contributed by atoms with van der Waals surface area (Å²) in [4.78, 5) is 33.2. The maximum absolute atomic E-state index is 12.9. The number of piperidine rings is 1. The number of likely N-dealkylation sites (tertiary alicyclic amines) is 1. The number of anilines is 1.